The van der Waals surface area contributed by atoms with Crippen molar-refractivity contribution in [3.8, 4) is 0 Å². The first-order valence-electron chi connectivity index (χ1n) is 4.01. The second-order valence-corrected chi connectivity index (χ2v) is 3.01. The minimum Gasteiger partial charge on any atom is -0.393 e. The van der Waals surface area contributed by atoms with Gasteiger partial charge in [-0.2, -0.15) is 0 Å². The Bertz CT molecular complexity index is 260. The standard InChI is InChI=1S/C9H14N2O/c1-6(7(2)12)8-4-3-5-11-9(8)10/h3-7,12H,1-2H3,(H2,10,11). The predicted molar refractivity (Wildman–Crippen MR) is 48.7 cm³/mol. The second kappa shape index (κ2) is 3.54. The molecule has 0 aromatic carbocycles. The minimum absolute atomic E-state index is 0.0405. The summed E-state index contributed by atoms with van der Waals surface area (Å²) in [4.78, 5) is 3.95. The van der Waals surface area contributed by atoms with Crippen LogP contribution in [0.3, 0.4) is 0 Å². The number of pyridine rings is 1. The Hall–Kier alpha value is -1.09. The average molecular weight is 166 g/mol. The molecule has 0 saturated heterocycles. The molecule has 0 saturated carbocycles. The van der Waals surface area contributed by atoms with Crippen LogP contribution in [0.5, 0.6) is 0 Å². The molecule has 3 heteroatoms. The Kier molecular flexibility index (Phi) is 2.65. The molecular formula is C9H14N2O. The van der Waals surface area contributed by atoms with E-state index in [1.165, 1.54) is 0 Å². The first-order chi connectivity index (χ1) is 5.63. The lowest BCUT2D eigenvalue weighted by Gasteiger charge is -2.15. The molecule has 3 nitrogen and oxygen atoms in total. The first kappa shape index (κ1) is 9.00. The molecule has 0 radical (unpaired) electrons. The molecule has 1 heterocycles. The quantitative estimate of drug-likeness (QED) is 0.692. The van der Waals surface area contributed by atoms with Crippen LogP contribution >= 0.6 is 0 Å². The van der Waals surface area contributed by atoms with Crippen LogP contribution in [0.15, 0.2) is 18.3 Å². The molecule has 3 N–H and O–H groups in total. The Morgan fingerprint density at radius 2 is 2.17 bits per heavy atom. The molecule has 0 bridgehead atoms. The van der Waals surface area contributed by atoms with Crippen LogP contribution < -0.4 is 5.73 Å². The van der Waals surface area contributed by atoms with Crippen LogP contribution in [-0.2, 0) is 0 Å². The fourth-order valence-electron chi connectivity index (χ4n) is 1.07. The summed E-state index contributed by atoms with van der Waals surface area (Å²) in [6.45, 7) is 3.68. The fourth-order valence-corrected chi connectivity index (χ4v) is 1.07. The van der Waals surface area contributed by atoms with Gasteiger partial charge < -0.3 is 10.8 Å². The number of aliphatic hydroxyl groups is 1. The fraction of sp³-hybridized carbons (Fsp3) is 0.444. The number of anilines is 1. The van der Waals surface area contributed by atoms with Gasteiger partial charge in [0.1, 0.15) is 5.82 Å². The summed E-state index contributed by atoms with van der Waals surface area (Å²) in [5.41, 5.74) is 6.55. The average Bonchev–Trinajstić information content (AvgIpc) is 2.04. The summed E-state index contributed by atoms with van der Waals surface area (Å²) in [5.74, 6) is 0.546. The molecular weight excluding hydrogens is 152 g/mol. The van der Waals surface area contributed by atoms with Crippen molar-refractivity contribution in [3.63, 3.8) is 0 Å². The molecule has 66 valence electrons. The Morgan fingerprint density at radius 1 is 1.50 bits per heavy atom. The van der Waals surface area contributed by atoms with Gasteiger partial charge >= 0.3 is 0 Å². The molecule has 0 aliphatic carbocycles. The highest BCUT2D eigenvalue weighted by atomic mass is 16.3. The van der Waals surface area contributed by atoms with E-state index in [2.05, 4.69) is 4.98 Å². The van der Waals surface area contributed by atoms with Crippen molar-refractivity contribution in [3.05, 3.63) is 23.9 Å². The lowest BCUT2D eigenvalue weighted by molar-refractivity contribution is 0.169. The van der Waals surface area contributed by atoms with Gasteiger partial charge in [-0.3, -0.25) is 0 Å². The number of nitrogens with two attached hydrogens (primary N) is 1. The number of rotatable bonds is 2. The SMILES string of the molecule is CC(O)C(C)c1cccnc1N. The van der Waals surface area contributed by atoms with Gasteiger partial charge in [0.05, 0.1) is 6.10 Å². The van der Waals surface area contributed by atoms with Gasteiger partial charge in [0, 0.05) is 12.1 Å². The van der Waals surface area contributed by atoms with E-state index in [4.69, 9.17) is 5.73 Å². The highest BCUT2D eigenvalue weighted by molar-refractivity contribution is 5.41. The Balaban J connectivity index is 2.94. The molecule has 1 aromatic rings. The van der Waals surface area contributed by atoms with Crippen molar-refractivity contribution in [2.24, 2.45) is 0 Å². The summed E-state index contributed by atoms with van der Waals surface area (Å²) in [7, 11) is 0. The maximum absolute atomic E-state index is 9.32. The zero-order valence-corrected chi connectivity index (χ0v) is 7.36. The third-order valence-corrected chi connectivity index (χ3v) is 2.09. The zero-order valence-electron chi connectivity index (χ0n) is 7.36. The smallest absolute Gasteiger partial charge is 0.126 e. The van der Waals surface area contributed by atoms with Gasteiger partial charge in [0.2, 0.25) is 0 Å². The van der Waals surface area contributed by atoms with Crippen molar-refractivity contribution in [2.75, 3.05) is 5.73 Å². The zero-order chi connectivity index (χ0) is 9.14. The predicted octanol–water partition coefficient (Wildman–Crippen LogP) is 1.15. The molecule has 0 aliphatic heterocycles. The monoisotopic (exact) mass is 166 g/mol. The van der Waals surface area contributed by atoms with E-state index in [9.17, 15) is 5.11 Å². The van der Waals surface area contributed by atoms with E-state index >= 15 is 0 Å². The van der Waals surface area contributed by atoms with Crippen LogP contribution in [0.25, 0.3) is 0 Å². The highest BCUT2D eigenvalue weighted by Gasteiger charge is 2.13. The van der Waals surface area contributed by atoms with E-state index in [-0.39, 0.29) is 5.92 Å². The first-order valence-corrected chi connectivity index (χ1v) is 4.01. The molecule has 0 fully saturated rings. The molecule has 0 amide bonds. The maximum atomic E-state index is 9.32. The van der Waals surface area contributed by atoms with E-state index in [1.807, 2.05) is 19.1 Å². The van der Waals surface area contributed by atoms with E-state index < -0.39 is 6.10 Å². The van der Waals surface area contributed by atoms with Crippen LogP contribution in [-0.4, -0.2) is 16.2 Å². The molecule has 1 rings (SSSR count). The molecule has 2 unspecified atom stereocenters. The Labute approximate surface area is 72.2 Å². The van der Waals surface area contributed by atoms with Gasteiger partial charge in [-0.1, -0.05) is 13.0 Å². The second-order valence-electron chi connectivity index (χ2n) is 3.01. The van der Waals surface area contributed by atoms with Crippen molar-refractivity contribution >= 4 is 5.82 Å². The van der Waals surface area contributed by atoms with E-state index in [1.54, 1.807) is 13.1 Å². The van der Waals surface area contributed by atoms with E-state index in [0.717, 1.165) is 5.56 Å². The number of aliphatic hydroxyl groups excluding tert-OH is 1. The number of aromatic nitrogens is 1. The topological polar surface area (TPSA) is 59.1 Å². The number of hydrogen-bond donors (Lipinski definition) is 2. The molecule has 12 heavy (non-hydrogen) atoms. The lowest BCUT2D eigenvalue weighted by Crippen LogP contribution is -2.13. The lowest BCUT2D eigenvalue weighted by atomic mass is 9.97. The summed E-state index contributed by atoms with van der Waals surface area (Å²) in [6.07, 6.45) is 1.25. The summed E-state index contributed by atoms with van der Waals surface area (Å²) < 4.78 is 0. The maximum Gasteiger partial charge on any atom is 0.126 e. The summed E-state index contributed by atoms with van der Waals surface area (Å²) in [6, 6.07) is 3.71. The van der Waals surface area contributed by atoms with E-state index in [0.29, 0.717) is 5.82 Å². The van der Waals surface area contributed by atoms with Crippen LogP contribution in [0.2, 0.25) is 0 Å². The summed E-state index contributed by atoms with van der Waals surface area (Å²) >= 11 is 0. The van der Waals surface area contributed by atoms with Gasteiger partial charge in [-0.25, -0.2) is 4.98 Å². The van der Waals surface area contributed by atoms with Crippen molar-refractivity contribution in [2.45, 2.75) is 25.9 Å². The highest BCUT2D eigenvalue weighted by Crippen LogP contribution is 2.22. The van der Waals surface area contributed by atoms with Gasteiger partial charge in [0.25, 0.3) is 0 Å². The van der Waals surface area contributed by atoms with Crippen LogP contribution in [0, 0.1) is 0 Å². The molecule has 1 aromatic heterocycles. The third-order valence-electron chi connectivity index (χ3n) is 2.09. The molecule has 0 spiro atoms. The number of hydrogen-bond acceptors (Lipinski definition) is 3. The van der Waals surface area contributed by atoms with Crippen molar-refractivity contribution in [1.82, 2.24) is 4.98 Å². The third kappa shape index (κ3) is 1.74. The van der Waals surface area contributed by atoms with Crippen LogP contribution in [0.4, 0.5) is 5.82 Å². The van der Waals surface area contributed by atoms with Gasteiger partial charge in [-0.05, 0) is 18.6 Å². The summed E-state index contributed by atoms with van der Waals surface area (Å²) in [5, 5.41) is 9.32. The Morgan fingerprint density at radius 3 is 2.67 bits per heavy atom. The van der Waals surface area contributed by atoms with Crippen molar-refractivity contribution in [1.29, 1.82) is 0 Å². The largest absolute Gasteiger partial charge is 0.393 e. The number of nitrogen functional groups attached to an aromatic ring is 1. The normalized spacial score (nSPS) is 15.6. The molecule has 0 aliphatic rings. The van der Waals surface area contributed by atoms with Crippen LogP contribution in [0.1, 0.15) is 25.3 Å². The minimum atomic E-state index is -0.392. The molecule has 2 atom stereocenters. The van der Waals surface area contributed by atoms with Gasteiger partial charge in [-0.15, -0.1) is 0 Å². The number of nitrogens with zero attached hydrogens (tertiary/aromatic N) is 1. The van der Waals surface area contributed by atoms with Crippen molar-refractivity contribution < 1.29 is 5.11 Å². The van der Waals surface area contributed by atoms with Gasteiger partial charge in [0.15, 0.2) is 0 Å².